The molecule has 2 aromatic heterocycles. The minimum absolute atomic E-state index is 0.431. The van der Waals surface area contributed by atoms with E-state index in [9.17, 15) is 0 Å². The third-order valence-electron chi connectivity index (χ3n) is 3.60. The van der Waals surface area contributed by atoms with Crippen molar-refractivity contribution in [2.45, 2.75) is 26.3 Å². The average molecular weight is 310 g/mol. The van der Waals surface area contributed by atoms with Gasteiger partial charge in [0, 0.05) is 35.3 Å². The highest BCUT2D eigenvalue weighted by Crippen LogP contribution is 2.21. The van der Waals surface area contributed by atoms with Gasteiger partial charge in [0.2, 0.25) is 5.82 Å². The zero-order valence-corrected chi connectivity index (χ0v) is 13.1. The van der Waals surface area contributed by atoms with Gasteiger partial charge in [0.05, 0.1) is 0 Å². The summed E-state index contributed by atoms with van der Waals surface area (Å²) in [6.07, 6.45) is 9.08. The first-order valence-corrected chi connectivity index (χ1v) is 7.65. The molecule has 0 saturated heterocycles. The maximum Gasteiger partial charge on any atom is 0.206 e. The fourth-order valence-electron chi connectivity index (χ4n) is 2.59. The van der Waals surface area contributed by atoms with Crippen LogP contribution in [0.15, 0.2) is 36.5 Å². The first-order chi connectivity index (χ1) is 10.7. The topological polar surface area (TPSA) is 30.7 Å². The molecule has 0 amide bonds. The Balaban J connectivity index is 2.06. The lowest BCUT2D eigenvalue weighted by Crippen LogP contribution is -2.04. The lowest BCUT2D eigenvalue weighted by molar-refractivity contribution is 0.670. The van der Waals surface area contributed by atoms with Crippen LogP contribution in [0.4, 0.5) is 0 Å². The Morgan fingerprint density at radius 1 is 1.27 bits per heavy atom. The minimum Gasteiger partial charge on any atom is -0.329 e. The van der Waals surface area contributed by atoms with E-state index in [0.717, 1.165) is 35.4 Å². The maximum absolute atomic E-state index is 5.95. The number of benzene rings is 1. The lowest BCUT2D eigenvalue weighted by Gasteiger charge is -2.09. The number of terminal acetylenes is 1. The Morgan fingerprint density at radius 2 is 2.05 bits per heavy atom. The zero-order valence-electron chi connectivity index (χ0n) is 12.4. The van der Waals surface area contributed by atoms with E-state index in [0.29, 0.717) is 5.82 Å². The molecule has 0 fully saturated rings. The Kier molecular flexibility index (Phi) is 4.13. The van der Waals surface area contributed by atoms with Gasteiger partial charge >= 0.3 is 0 Å². The van der Waals surface area contributed by atoms with E-state index < -0.39 is 0 Å². The van der Waals surface area contributed by atoms with Crippen LogP contribution in [0.3, 0.4) is 0 Å². The Labute approximate surface area is 135 Å². The third kappa shape index (κ3) is 2.84. The summed E-state index contributed by atoms with van der Waals surface area (Å²) in [6, 6.07) is 10.1. The fourth-order valence-corrected chi connectivity index (χ4v) is 2.72. The van der Waals surface area contributed by atoms with Gasteiger partial charge in [-0.25, -0.2) is 9.97 Å². The van der Waals surface area contributed by atoms with Crippen molar-refractivity contribution in [2.75, 3.05) is 0 Å². The summed E-state index contributed by atoms with van der Waals surface area (Å²) in [5.74, 6) is 2.93. The van der Waals surface area contributed by atoms with Crippen molar-refractivity contribution >= 4 is 22.6 Å². The summed E-state index contributed by atoms with van der Waals surface area (Å²) in [7, 11) is 0. The second-order valence-corrected chi connectivity index (χ2v) is 5.64. The molecule has 0 N–H and O–H groups in total. The predicted octanol–water partition coefficient (Wildman–Crippen LogP) is 4.07. The summed E-state index contributed by atoms with van der Waals surface area (Å²) in [5, 5.41) is 1.78. The highest BCUT2D eigenvalue weighted by atomic mass is 35.5. The molecule has 4 heteroatoms. The molecule has 3 aromatic rings. The molecule has 0 spiro atoms. The quantitative estimate of drug-likeness (QED) is 0.680. The number of nitrogens with zero attached hydrogens (tertiary/aromatic N) is 3. The van der Waals surface area contributed by atoms with Crippen LogP contribution < -0.4 is 0 Å². The second kappa shape index (κ2) is 6.21. The van der Waals surface area contributed by atoms with Crippen LogP contribution in [-0.2, 0) is 13.0 Å². The van der Waals surface area contributed by atoms with Crippen molar-refractivity contribution in [3.8, 4) is 12.3 Å². The van der Waals surface area contributed by atoms with Gasteiger partial charge in [-0.1, -0.05) is 30.7 Å². The molecular formula is C18H16ClN3. The Bertz CT molecular complexity index is 841. The van der Waals surface area contributed by atoms with Crippen molar-refractivity contribution in [1.82, 2.24) is 14.5 Å². The number of aryl methyl sites for hydroxylation is 1. The third-order valence-corrected chi connectivity index (χ3v) is 3.85. The van der Waals surface area contributed by atoms with E-state index in [2.05, 4.69) is 45.6 Å². The largest absolute Gasteiger partial charge is 0.329 e. The van der Waals surface area contributed by atoms with Crippen molar-refractivity contribution in [3.05, 3.63) is 58.6 Å². The molecule has 0 aliphatic carbocycles. The van der Waals surface area contributed by atoms with Gasteiger partial charge in [0.25, 0.3) is 0 Å². The second-order valence-electron chi connectivity index (χ2n) is 5.21. The maximum atomic E-state index is 5.95. The summed E-state index contributed by atoms with van der Waals surface area (Å²) < 4.78 is 2.23. The van der Waals surface area contributed by atoms with Crippen molar-refractivity contribution in [1.29, 1.82) is 0 Å². The van der Waals surface area contributed by atoms with Gasteiger partial charge in [0.1, 0.15) is 5.65 Å². The number of fused-ring (bicyclic) bond motifs is 1. The number of halogens is 1. The first kappa shape index (κ1) is 14.6. The van der Waals surface area contributed by atoms with E-state index in [-0.39, 0.29) is 0 Å². The summed E-state index contributed by atoms with van der Waals surface area (Å²) >= 11 is 5.95. The van der Waals surface area contributed by atoms with E-state index in [1.165, 1.54) is 11.3 Å². The van der Waals surface area contributed by atoms with Gasteiger partial charge < -0.3 is 4.57 Å². The molecule has 0 radical (unpaired) electrons. The number of rotatable bonds is 4. The van der Waals surface area contributed by atoms with Gasteiger partial charge in [-0.2, -0.15) is 0 Å². The minimum atomic E-state index is 0.431. The molecule has 0 saturated carbocycles. The van der Waals surface area contributed by atoms with Crippen LogP contribution in [0.1, 0.15) is 30.4 Å². The van der Waals surface area contributed by atoms with Gasteiger partial charge in [-0.15, -0.1) is 6.42 Å². The monoisotopic (exact) mass is 309 g/mol. The van der Waals surface area contributed by atoms with Gasteiger partial charge in [-0.05, 0) is 36.1 Å². The molecule has 0 bridgehead atoms. The highest BCUT2D eigenvalue weighted by Gasteiger charge is 2.11. The van der Waals surface area contributed by atoms with E-state index >= 15 is 0 Å². The van der Waals surface area contributed by atoms with E-state index in [4.69, 9.17) is 18.0 Å². The van der Waals surface area contributed by atoms with Crippen LogP contribution in [-0.4, -0.2) is 14.5 Å². The van der Waals surface area contributed by atoms with Crippen molar-refractivity contribution in [3.63, 3.8) is 0 Å². The standard InChI is InChI=1S/C18H16ClN3/c1-3-9-22-16(10-13-5-7-15(19)8-6-13)11-14-12-20-17(4-2)21-18(14)22/h2,5-8,11-12H,3,9-10H2,1H3. The molecule has 22 heavy (non-hydrogen) atoms. The number of hydrogen-bond donors (Lipinski definition) is 0. The summed E-state index contributed by atoms with van der Waals surface area (Å²) in [4.78, 5) is 8.66. The van der Waals surface area contributed by atoms with E-state index in [1.54, 1.807) is 6.20 Å². The lowest BCUT2D eigenvalue weighted by atomic mass is 10.1. The summed E-state index contributed by atoms with van der Waals surface area (Å²) in [6.45, 7) is 3.06. The smallest absolute Gasteiger partial charge is 0.206 e. The molecule has 0 atom stereocenters. The van der Waals surface area contributed by atoms with Crippen LogP contribution in [0.2, 0.25) is 5.02 Å². The Morgan fingerprint density at radius 3 is 2.73 bits per heavy atom. The van der Waals surface area contributed by atoms with Crippen LogP contribution in [0.25, 0.3) is 11.0 Å². The molecule has 2 heterocycles. The van der Waals surface area contributed by atoms with Crippen molar-refractivity contribution in [2.24, 2.45) is 0 Å². The fraction of sp³-hybridized carbons (Fsp3) is 0.222. The molecule has 110 valence electrons. The van der Waals surface area contributed by atoms with E-state index in [1.807, 2.05) is 12.1 Å². The Hall–Kier alpha value is -2.31. The molecule has 3 nitrogen and oxygen atoms in total. The average Bonchev–Trinajstić information content (AvgIpc) is 2.87. The highest BCUT2D eigenvalue weighted by molar-refractivity contribution is 6.30. The van der Waals surface area contributed by atoms with Gasteiger partial charge in [0.15, 0.2) is 0 Å². The molecule has 3 rings (SSSR count). The van der Waals surface area contributed by atoms with Crippen LogP contribution >= 0.6 is 11.6 Å². The molecular weight excluding hydrogens is 294 g/mol. The SMILES string of the molecule is C#Cc1ncc2cc(Cc3ccc(Cl)cc3)n(CCC)c2n1. The number of hydrogen-bond acceptors (Lipinski definition) is 2. The zero-order chi connectivity index (χ0) is 15.5. The molecule has 0 unspecified atom stereocenters. The van der Waals surface area contributed by atoms with Crippen LogP contribution in [0, 0.1) is 12.3 Å². The van der Waals surface area contributed by atoms with Crippen LogP contribution in [0.5, 0.6) is 0 Å². The normalized spacial score (nSPS) is 10.8. The van der Waals surface area contributed by atoms with Gasteiger partial charge in [-0.3, -0.25) is 0 Å². The summed E-state index contributed by atoms with van der Waals surface area (Å²) in [5.41, 5.74) is 3.34. The molecule has 0 aliphatic rings. The predicted molar refractivity (Wildman–Crippen MR) is 90.0 cm³/mol. The first-order valence-electron chi connectivity index (χ1n) is 7.27. The number of aromatic nitrogens is 3. The van der Waals surface area contributed by atoms with Crippen molar-refractivity contribution < 1.29 is 0 Å². The molecule has 1 aromatic carbocycles. The molecule has 0 aliphatic heterocycles.